The first-order valence-corrected chi connectivity index (χ1v) is 8.58. The van der Waals surface area contributed by atoms with Crippen molar-refractivity contribution in [2.45, 2.75) is 6.92 Å². The lowest BCUT2D eigenvalue weighted by atomic mass is 10.1. The second-order valence-corrected chi connectivity index (χ2v) is 6.41. The molecule has 3 rings (SSSR count). The molecule has 0 aliphatic heterocycles. The number of nitrogens with zero attached hydrogens (tertiary/aromatic N) is 2. The third kappa shape index (κ3) is 4.00. The molecule has 0 aliphatic carbocycles. The maximum atomic E-state index is 12.8. The molecular weight excluding hydrogens is 326 g/mol. The summed E-state index contributed by atoms with van der Waals surface area (Å²) in [5.41, 5.74) is 3.04. The standard InChI is InChI=1S/C21H23N3O2/c1-15-16(7-4-11-20(15)26-14-13-24(2)3)21(25)23-19-10-5-9-18-17(19)8-6-12-22-18/h4-12H,13-14H2,1-3H3,(H,23,25). The highest BCUT2D eigenvalue weighted by Crippen LogP contribution is 2.25. The monoisotopic (exact) mass is 349 g/mol. The summed E-state index contributed by atoms with van der Waals surface area (Å²) in [5.74, 6) is 0.580. The van der Waals surface area contributed by atoms with Crippen LogP contribution in [-0.2, 0) is 0 Å². The number of aromatic nitrogens is 1. The Balaban J connectivity index is 1.81. The number of carbonyl (C=O) groups excluding carboxylic acids is 1. The Morgan fingerprint density at radius 3 is 2.73 bits per heavy atom. The molecule has 0 radical (unpaired) electrons. The highest BCUT2D eigenvalue weighted by molar-refractivity contribution is 6.09. The number of fused-ring (bicyclic) bond motifs is 1. The van der Waals surface area contributed by atoms with Crippen molar-refractivity contribution in [3.63, 3.8) is 0 Å². The Bertz CT molecular complexity index is 917. The van der Waals surface area contributed by atoms with Crippen LogP contribution < -0.4 is 10.1 Å². The number of likely N-dealkylation sites (N-methyl/N-ethyl adjacent to an activating group) is 1. The van der Waals surface area contributed by atoms with E-state index in [-0.39, 0.29) is 5.91 Å². The van der Waals surface area contributed by atoms with E-state index in [0.29, 0.717) is 12.2 Å². The van der Waals surface area contributed by atoms with Gasteiger partial charge in [0.2, 0.25) is 0 Å². The zero-order valence-corrected chi connectivity index (χ0v) is 15.3. The van der Waals surface area contributed by atoms with Gasteiger partial charge in [-0.05, 0) is 57.4 Å². The Hall–Kier alpha value is -2.92. The SMILES string of the molecule is Cc1c(OCCN(C)C)cccc1C(=O)Nc1cccc2ncccc12. The summed E-state index contributed by atoms with van der Waals surface area (Å²) in [5, 5.41) is 3.92. The fourth-order valence-corrected chi connectivity index (χ4v) is 2.76. The predicted octanol–water partition coefficient (Wildman–Crippen LogP) is 3.74. The van der Waals surface area contributed by atoms with Crippen LogP contribution in [-0.4, -0.2) is 43.0 Å². The van der Waals surface area contributed by atoms with Crippen molar-refractivity contribution < 1.29 is 9.53 Å². The molecule has 0 fully saturated rings. The van der Waals surface area contributed by atoms with Gasteiger partial charge in [0, 0.05) is 29.3 Å². The number of ether oxygens (including phenoxy) is 1. The topological polar surface area (TPSA) is 54.5 Å². The lowest BCUT2D eigenvalue weighted by Gasteiger charge is -2.15. The van der Waals surface area contributed by atoms with E-state index in [1.807, 2.05) is 69.6 Å². The number of hydrogen-bond donors (Lipinski definition) is 1. The van der Waals surface area contributed by atoms with Gasteiger partial charge in [0.15, 0.2) is 0 Å². The number of pyridine rings is 1. The molecule has 3 aromatic rings. The summed E-state index contributed by atoms with van der Waals surface area (Å²) < 4.78 is 5.83. The molecule has 0 unspecified atom stereocenters. The van der Waals surface area contributed by atoms with Gasteiger partial charge in [0.25, 0.3) is 5.91 Å². The number of amides is 1. The summed E-state index contributed by atoms with van der Waals surface area (Å²) in [6.45, 7) is 3.30. The van der Waals surface area contributed by atoms with Gasteiger partial charge < -0.3 is 15.0 Å². The van der Waals surface area contributed by atoms with Gasteiger partial charge in [-0.2, -0.15) is 0 Å². The van der Waals surface area contributed by atoms with Crippen molar-refractivity contribution in [1.82, 2.24) is 9.88 Å². The predicted molar refractivity (Wildman–Crippen MR) is 105 cm³/mol. The van der Waals surface area contributed by atoms with Crippen molar-refractivity contribution in [3.8, 4) is 5.75 Å². The Morgan fingerprint density at radius 2 is 1.92 bits per heavy atom. The largest absolute Gasteiger partial charge is 0.492 e. The number of carbonyl (C=O) groups is 1. The number of anilines is 1. The van der Waals surface area contributed by atoms with E-state index < -0.39 is 0 Å². The first kappa shape index (κ1) is 17.9. The van der Waals surface area contributed by atoms with E-state index in [1.165, 1.54) is 0 Å². The molecule has 0 spiro atoms. The van der Waals surface area contributed by atoms with E-state index in [9.17, 15) is 4.79 Å². The van der Waals surface area contributed by atoms with Crippen LogP contribution in [0.5, 0.6) is 5.75 Å². The van der Waals surface area contributed by atoms with Crippen LogP contribution in [0.4, 0.5) is 5.69 Å². The van der Waals surface area contributed by atoms with Crippen LogP contribution in [0.2, 0.25) is 0 Å². The molecule has 0 saturated heterocycles. The highest BCUT2D eigenvalue weighted by Gasteiger charge is 2.14. The van der Waals surface area contributed by atoms with Crippen molar-refractivity contribution in [2.24, 2.45) is 0 Å². The van der Waals surface area contributed by atoms with Crippen LogP contribution in [0.15, 0.2) is 54.7 Å². The molecule has 0 bridgehead atoms. The van der Waals surface area contributed by atoms with Gasteiger partial charge in [-0.1, -0.05) is 12.1 Å². The first-order chi connectivity index (χ1) is 12.6. The molecule has 5 nitrogen and oxygen atoms in total. The molecule has 134 valence electrons. The molecule has 0 saturated carbocycles. The first-order valence-electron chi connectivity index (χ1n) is 8.58. The second kappa shape index (κ2) is 7.97. The summed E-state index contributed by atoms with van der Waals surface area (Å²) in [7, 11) is 4.00. The van der Waals surface area contributed by atoms with Crippen LogP contribution in [0.25, 0.3) is 10.9 Å². The van der Waals surface area contributed by atoms with Crippen LogP contribution in [0, 0.1) is 6.92 Å². The smallest absolute Gasteiger partial charge is 0.256 e. The van der Waals surface area contributed by atoms with Crippen LogP contribution >= 0.6 is 0 Å². The molecule has 1 N–H and O–H groups in total. The van der Waals surface area contributed by atoms with Crippen LogP contribution in [0.3, 0.4) is 0 Å². The van der Waals surface area contributed by atoms with Gasteiger partial charge in [-0.25, -0.2) is 0 Å². The van der Waals surface area contributed by atoms with Gasteiger partial charge in [-0.15, -0.1) is 0 Å². The van der Waals surface area contributed by atoms with Gasteiger partial charge >= 0.3 is 0 Å². The minimum Gasteiger partial charge on any atom is -0.492 e. The van der Waals surface area contributed by atoms with Crippen molar-refractivity contribution in [2.75, 3.05) is 32.6 Å². The maximum Gasteiger partial charge on any atom is 0.256 e. The maximum absolute atomic E-state index is 12.8. The molecule has 5 heteroatoms. The molecule has 0 atom stereocenters. The Morgan fingerprint density at radius 1 is 1.12 bits per heavy atom. The minimum atomic E-state index is -0.156. The van der Waals surface area contributed by atoms with E-state index in [2.05, 4.69) is 15.2 Å². The molecule has 1 amide bonds. The zero-order chi connectivity index (χ0) is 18.5. The van der Waals surface area contributed by atoms with Crippen LogP contribution in [0.1, 0.15) is 15.9 Å². The van der Waals surface area contributed by atoms with Gasteiger partial charge in [0.1, 0.15) is 12.4 Å². The Kier molecular flexibility index (Phi) is 5.49. The summed E-state index contributed by atoms with van der Waals surface area (Å²) >= 11 is 0. The quantitative estimate of drug-likeness (QED) is 0.737. The molecule has 0 aliphatic rings. The molecule has 1 heterocycles. The fraction of sp³-hybridized carbons (Fsp3) is 0.238. The van der Waals surface area contributed by atoms with Crippen molar-refractivity contribution >= 4 is 22.5 Å². The van der Waals surface area contributed by atoms with Gasteiger partial charge in [0.05, 0.1) is 11.2 Å². The van der Waals surface area contributed by atoms with E-state index in [4.69, 9.17) is 4.74 Å². The zero-order valence-electron chi connectivity index (χ0n) is 15.3. The lowest BCUT2D eigenvalue weighted by molar-refractivity contribution is 0.102. The van der Waals surface area contributed by atoms with E-state index in [1.54, 1.807) is 6.20 Å². The summed E-state index contributed by atoms with van der Waals surface area (Å²) in [6, 6.07) is 15.1. The molecular formula is C21H23N3O2. The van der Waals surface area contributed by atoms with Crippen molar-refractivity contribution in [3.05, 3.63) is 65.9 Å². The van der Waals surface area contributed by atoms with Crippen molar-refractivity contribution in [1.29, 1.82) is 0 Å². The number of benzene rings is 2. The summed E-state index contributed by atoms with van der Waals surface area (Å²) in [4.78, 5) is 19.2. The lowest BCUT2D eigenvalue weighted by Crippen LogP contribution is -2.20. The third-order valence-electron chi connectivity index (χ3n) is 4.22. The van der Waals surface area contributed by atoms with E-state index >= 15 is 0 Å². The number of nitrogens with one attached hydrogen (secondary N) is 1. The van der Waals surface area contributed by atoms with E-state index in [0.717, 1.165) is 34.4 Å². The Labute approximate surface area is 153 Å². The minimum absolute atomic E-state index is 0.156. The highest BCUT2D eigenvalue weighted by atomic mass is 16.5. The normalized spacial score (nSPS) is 10.9. The fourth-order valence-electron chi connectivity index (χ4n) is 2.76. The molecule has 1 aromatic heterocycles. The number of hydrogen-bond acceptors (Lipinski definition) is 4. The average molecular weight is 349 g/mol. The summed E-state index contributed by atoms with van der Waals surface area (Å²) in [6.07, 6.45) is 1.74. The molecule has 26 heavy (non-hydrogen) atoms. The molecule has 2 aromatic carbocycles. The average Bonchev–Trinajstić information content (AvgIpc) is 2.63. The second-order valence-electron chi connectivity index (χ2n) is 6.41. The number of rotatable bonds is 6. The third-order valence-corrected chi connectivity index (χ3v) is 4.22. The van der Waals surface area contributed by atoms with Gasteiger partial charge in [-0.3, -0.25) is 9.78 Å².